The summed E-state index contributed by atoms with van der Waals surface area (Å²) in [5.41, 5.74) is 0.979. The zero-order chi connectivity index (χ0) is 14.8. The van der Waals surface area contributed by atoms with Crippen LogP contribution in [0.15, 0.2) is 30.4 Å². The topological polar surface area (TPSA) is 36.4 Å². The molecular formula is C15H16ClN3OS. The first-order valence-electron chi connectivity index (χ1n) is 6.90. The molecule has 0 radical (unpaired) electrons. The molecule has 1 saturated heterocycles. The molecule has 1 aromatic carbocycles. The third kappa shape index (κ3) is 3.04. The Morgan fingerprint density at radius 3 is 2.81 bits per heavy atom. The Balaban J connectivity index is 1.72. The number of thiazole rings is 1. The van der Waals surface area contributed by atoms with Crippen LogP contribution in [0.4, 0.5) is 5.13 Å². The smallest absolute Gasteiger partial charge is 0.246 e. The number of rotatable bonds is 2. The number of anilines is 1. The predicted molar refractivity (Wildman–Crippen MR) is 88.2 cm³/mol. The van der Waals surface area contributed by atoms with Crippen LogP contribution in [0.2, 0.25) is 5.02 Å². The second kappa shape index (κ2) is 6.03. The number of piperazine rings is 1. The van der Waals surface area contributed by atoms with E-state index in [0.29, 0.717) is 0 Å². The monoisotopic (exact) mass is 321 g/mol. The van der Waals surface area contributed by atoms with Crippen LogP contribution >= 0.6 is 22.9 Å². The van der Waals surface area contributed by atoms with Crippen molar-refractivity contribution in [2.45, 2.75) is 6.92 Å². The van der Waals surface area contributed by atoms with Crippen LogP contribution in [-0.4, -0.2) is 42.0 Å². The molecule has 0 saturated carbocycles. The summed E-state index contributed by atoms with van der Waals surface area (Å²) >= 11 is 7.66. The van der Waals surface area contributed by atoms with E-state index in [4.69, 9.17) is 11.6 Å². The van der Waals surface area contributed by atoms with Gasteiger partial charge in [0.25, 0.3) is 0 Å². The highest BCUT2D eigenvalue weighted by Crippen LogP contribution is 2.31. The molecule has 1 fully saturated rings. The van der Waals surface area contributed by atoms with Gasteiger partial charge in [-0.3, -0.25) is 4.79 Å². The van der Waals surface area contributed by atoms with Crippen molar-refractivity contribution in [3.05, 3.63) is 35.4 Å². The summed E-state index contributed by atoms with van der Waals surface area (Å²) in [4.78, 5) is 20.6. The summed E-state index contributed by atoms with van der Waals surface area (Å²) in [5, 5.41) is 1.74. The number of allylic oxidation sites excluding steroid dienone is 1. The summed E-state index contributed by atoms with van der Waals surface area (Å²) in [7, 11) is 0. The second-order valence-corrected chi connectivity index (χ2v) is 6.37. The standard InChI is InChI=1S/C15H16ClN3OS/c1-2-3-14(20)18-6-8-19(9-7-18)15-17-12-5-4-11(16)10-13(12)21-15/h2-5,10H,6-9H2,1H3/b3-2+. The molecule has 6 heteroatoms. The molecule has 1 aliphatic rings. The highest BCUT2D eigenvalue weighted by molar-refractivity contribution is 7.22. The zero-order valence-corrected chi connectivity index (χ0v) is 13.3. The van der Waals surface area contributed by atoms with Gasteiger partial charge in [-0.15, -0.1) is 0 Å². The number of fused-ring (bicyclic) bond motifs is 1. The lowest BCUT2D eigenvalue weighted by Crippen LogP contribution is -2.48. The predicted octanol–water partition coefficient (Wildman–Crippen LogP) is 3.17. The summed E-state index contributed by atoms with van der Waals surface area (Å²) in [5.74, 6) is 0.0910. The third-order valence-corrected chi connectivity index (χ3v) is 4.82. The quantitative estimate of drug-likeness (QED) is 0.797. The number of halogens is 1. The highest BCUT2D eigenvalue weighted by Gasteiger charge is 2.21. The van der Waals surface area contributed by atoms with Crippen molar-refractivity contribution in [1.82, 2.24) is 9.88 Å². The average Bonchev–Trinajstić information content (AvgIpc) is 2.90. The van der Waals surface area contributed by atoms with Gasteiger partial charge in [-0.25, -0.2) is 4.98 Å². The van der Waals surface area contributed by atoms with Gasteiger partial charge in [0, 0.05) is 31.2 Å². The molecule has 0 atom stereocenters. The average molecular weight is 322 g/mol. The molecule has 3 rings (SSSR count). The van der Waals surface area contributed by atoms with Gasteiger partial charge in [0.2, 0.25) is 5.91 Å². The van der Waals surface area contributed by atoms with Crippen LogP contribution < -0.4 is 4.90 Å². The summed E-state index contributed by atoms with van der Waals surface area (Å²) in [6.07, 6.45) is 3.40. The maximum absolute atomic E-state index is 11.8. The van der Waals surface area contributed by atoms with Gasteiger partial charge < -0.3 is 9.80 Å². The minimum Gasteiger partial charge on any atom is -0.345 e. The van der Waals surface area contributed by atoms with Gasteiger partial charge in [0.05, 0.1) is 10.2 Å². The Morgan fingerprint density at radius 1 is 1.33 bits per heavy atom. The number of benzene rings is 1. The molecular weight excluding hydrogens is 306 g/mol. The van der Waals surface area contributed by atoms with Crippen LogP contribution in [-0.2, 0) is 4.79 Å². The van der Waals surface area contributed by atoms with Gasteiger partial charge >= 0.3 is 0 Å². The summed E-state index contributed by atoms with van der Waals surface area (Å²) in [6, 6.07) is 5.76. The number of amides is 1. The van der Waals surface area contributed by atoms with Gasteiger partial charge in [0.1, 0.15) is 0 Å². The van der Waals surface area contributed by atoms with Crippen molar-refractivity contribution in [2.75, 3.05) is 31.1 Å². The SMILES string of the molecule is C/C=C/C(=O)N1CCN(c2nc3ccc(Cl)cc3s2)CC1. The van der Waals surface area contributed by atoms with E-state index in [-0.39, 0.29) is 5.91 Å². The molecule has 4 nitrogen and oxygen atoms in total. The lowest BCUT2D eigenvalue weighted by atomic mass is 10.3. The molecule has 0 aliphatic carbocycles. The van der Waals surface area contributed by atoms with Crippen molar-refractivity contribution < 1.29 is 4.79 Å². The summed E-state index contributed by atoms with van der Waals surface area (Å²) in [6.45, 7) is 4.97. The Kier molecular flexibility index (Phi) is 4.12. The number of hydrogen-bond acceptors (Lipinski definition) is 4. The Labute approximate surface area is 132 Å². The molecule has 0 N–H and O–H groups in total. The Hall–Kier alpha value is -1.59. The van der Waals surface area contributed by atoms with E-state index in [1.165, 1.54) is 0 Å². The normalized spacial score (nSPS) is 16.1. The number of carbonyl (C=O) groups excluding carboxylic acids is 1. The van der Waals surface area contributed by atoms with Crippen LogP contribution in [0.3, 0.4) is 0 Å². The van der Waals surface area contributed by atoms with E-state index in [2.05, 4.69) is 9.88 Å². The second-order valence-electron chi connectivity index (χ2n) is 4.92. The molecule has 1 amide bonds. The fourth-order valence-corrected chi connectivity index (χ4v) is 3.68. The molecule has 0 unspecified atom stereocenters. The van der Waals surface area contributed by atoms with Crippen molar-refractivity contribution in [3.63, 3.8) is 0 Å². The fraction of sp³-hybridized carbons (Fsp3) is 0.333. The number of aromatic nitrogens is 1. The minimum atomic E-state index is 0.0910. The van der Waals surface area contributed by atoms with E-state index < -0.39 is 0 Å². The largest absolute Gasteiger partial charge is 0.345 e. The maximum atomic E-state index is 11.8. The Morgan fingerprint density at radius 2 is 2.10 bits per heavy atom. The van der Waals surface area contributed by atoms with Crippen molar-refractivity contribution in [2.24, 2.45) is 0 Å². The molecule has 21 heavy (non-hydrogen) atoms. The number of nitrogens with zero attached hydrogens (tertiary/aromatic N) is 3. The number of hydrogen-bond donors (Lipinski definition) is 0. The van der Waals surface area contributed by atoms with Crippen molar-refractivity contribution >= 4 is 44.2 Å². The molecule has 0 spiro atoms. The van der Waals surface area contributed by atoms with Crippen LogP contribution in [0.25, 0.3) is 10.2 Å². The van der Waals surface area contributed by atoms with E-state index in [1.807, 2.05) is 30.0 Å². The summed E-state index contributed by atoms with van der Waals surface area (Å²) < 4.78 is 1.10. The first kappa shape index (κ1) is 14.4. The van der Waals surface area contributed by atoms with Crippen LogP contribution in [0.1, 0.15) is 6.92 Å². The van der Waals surface area contributed by atoms with E-state index >= 15 is 0 Å². The van der Waals surface area contributed by atoms with E-state index in [9.17, 15) is 4.79 Å². The van der Waals surface area contributed by atoms with Crippen molar-refractivity contribution in [3.8, 4) is 0 Å². The van der Waals surface area contributed by atoms with Gasteiger partial charge in [0.15, 0.2) is 5.13 Å². The fourth-order valence-electron chi connectivity index (χ4n) is 2.39. The molecule has 110 valence electrons. The lowest BCUT2D eigenvalue weighted by molar-refractivity contribution is -0.126. The molecule has 2 heterocycles. The van der Waals surface area contributed by atoms with Crippen LogP contribution in [0, 0.1) is 0 Å². The first-order chi connectivity index (χ1) is 10.2. The molecule has 1 aliphatic heterocycles. The van der Waals surface area contributed by atoms with Crippen LogP contribution in [0.5, 0.6) is 0 Å². The maximum Gasteiger partial charge on any atom is 0.246 e. The zero-order valence-electron chi connectivity index (χ0n) is 11.8. The van der Waals surface area contributed by atoms with Gasteiger partial charge in [-0.05, 0) is 31.2 Å². The highest BCUT2D eigenvalue weighted by atomic mass is 35.5. The molecule has 0 bridgehead atoms. The van der Waals surface area contributed by atoms with Crippen molar-refractivity contribution in [1.29, 1.82) is 0 Å². The first-order valence-corrected chi connectivity index (χ1v) is 8.09. The van der Waals surface area contributed by atoms with Gasteiger partial charge in [-0.1, -0.05) is 29.0 Å². The number of carbonyl (C=O) groups is 1. The Bertz CT molecular complexity index is 689. The third-order valence-electron chi connectivity index (χ3n) is 3.51. The van der Waals surface area contributed by atoms with Gasteiger partial charge in [-0.2, -0.15) is 0 Å². The van der Waals surface area contributed by atoms with E-state index in [0.717, 1.165) is 46.5 Å². The molecule has 2 aromatic rings. The van der Waals surface area contributed by atoms with E-state index in [1.54, 1.807) is 23.5 Å². The lowest BCUT2D eigenvalue weighted by Gasteiger charge is -2.34. The minimum absolute atomic E-state index is 0.0910. The molecule has 1 aromatic heterocycles.